The number of carbonyl (C=O) groups is 1. The Morgan fingerprint density at radius 2 is 2.64 bits per heavy atom. The summed E-state index contributed by atoms with van der Waals surface area (Å²) in [5.41, 5.74) is 0. The first-order chi connectivity index (χ1) is 5.36. The van der Waals surface area contributed by atoms with Gasteiger partial charge in [0.15, 0.2) is 0 Å². The first kappa shape index (κ1) is 6.87. The van der Waals surface area contributed by atoms with Crippen LogP contribution in [0.3, 0.4) is 0 Å². The molecule has 0 aromatic rings. The van der Waals surface area contributed by atoms with Crippen molar-refractivity contribution in [2.24, 2.45) is 0 Å². The van der Waals surface area contributed by atoms with E-state index in [9.17, 15) is 4.79 Å². The number of nitrogens with one attached hydrogen (secondary N) is 1. The van der Waals surface area contributed by atoms with Gasteiger partial charge in [0.25, 0.3) is 0 Å². The molecule has 2 amide bonds. The summed E-state index contributed by atoms with van der Waals surface area (Å²) in [7, 11) is 0. The van der Waals surface area contributed by atoms with Gasteiger partial charge in [0.1, 0.15) is 12.7 Å². The molecule has 2 saturated heterocycles. The van der Waals surface area contributed by atoms with E-state index in [2.05, 4.69) is 5.32 Å². The topological polar surface area (TPSA) is 54.1 Å². The molecule has 1 unspecified atom stereocenters. The number of ether oxygens (including phenoxy) is 1. The van der Waals surface area contributed by atoms with Crippen molar-refractivity contribution in [3.05, 3.63) is 0 Å². The van der Waals surface area contributed by atoms with Crippen molar-refractivity contribution in [1.82, 2.24) is 10.4 Å². The second kappa shape index (κ2) is 2.67. The summed E-state index contributed by atoms with van der Waals surface area (Å²) in [5.74, 6) is 0. The van der Waals surface area contributed by atoms with E-state index in [4.69, 9.17) is 9.57 Å². The predicted molar refractivity (Wildman–Crippen MR) is 35.8 cm³/mol. The van der Waals surface area contributed by atoms with Crippen LogP contribution in [-0.4, -0.2) is 43.5 Å². The zero-order chi connectivity index (χ0) is 7.68. The second-order valence-electron chi connectivity index (χ2n) is 2.59. The van der Waals surface area contributed by atoms with E-state index >= 15 is 0 Å². The zero-order valence-corrected chi connectivity index (χ0v) is 6.08. The fourth-order valence-electron chi connectivity index (χ4n) is 0.915. The monoisotopic (exact) mass is 158 g/mol. The van der Waals surface area contributed by atoms with Gasteiger partial charge in [0.05, 0.1) is 13.2 Å². The van der Waals surface area contributed by atoms with Gasteiger partial charge in [-0.2, -0.15) is 0 Å². The fourth-order valence-corrected chi connectivity index (χ4v) is 0.915. The lowest BCUT2D eigenvalue weighted by molar-refractivity contribution is -0.108. The third-order valence-electron chi connectivity index (χ3n) is 1.64. The van der Waals surface area contributed by atoms with Crippen molar-refractivity contribution in [3.8, 4) is 0 Å². The van der Waals surface area contributed by atoms with Gasteiger partial charge in [-0.15, -0.1) is 0 Å². The molecule has 2 rings (SSSR count). The van der Waals surface area contributed by atoms with Gasteiger partial charge in [0.2, 0.25) is 0 Å². The van der Waals surface area contributed by atoms with Crippen LogP contribution in [0.2, 0.25) is 0 Å². The molecular formula is C6H10N2O3. The maximum atomic E-state index is 10.9. The van der Waals surface area contributed by atoms with E-state index < -0.39 is 0 Å². The van der Waals surface area contributed by atoms with E-state index in [0.29, 0.717) is 19.7 Å². The minimum Gasteiger partial charge on any atom is -0.371 e. The fraction of sp³-hybridized carbons (Fsp3) is 0.833. The summed E-state index contributed by atoms with van der Waals surface area (Å²) in [4.78, 5) is 16.0. The molecule has 1 N–H and O–H groups in total. The zero-order valence-electron chi connectivity index (χ0n) is 6.08. The van der Waals surface area contributed by atoms with Gasteiger partial charge in [0, 0.05) is 6.54 Å². The molecule has 5 nitrogen and oxygen atoms in total. The van der Waals surface area contributed by atoms with Gasteiger partial charge >= 0.3 is 6.03 Å². The van der Waals surface area contributed by atoms with E-state index in [-0.39, 0.29) is 12.1 Å². The van der Waals surface area contributed by atoms with Crippen LogP contribution in [-0.2, 0) is 9.57 Å². The highest BCUT2D eigenvalue weighted by atomic mass is 16.7. The number of rotatable bonds is 3. The number of carbonyl (C=O) groups excluding carboxylic acids is 1. The first-order valence-corrected chi connectivity index (χ1v) is 3.66. The third-order valence-corrected chi connectivity index (χ3v) is 1.64. The summed E-state index contributed by atoms with van der Waals surface area (Å²) >= 11 is 0. The van der Waals surface area contributed by atoms with E-state index in [1.165, 1.54) is 5.06 Å². The summed E-state index contributed by atoms with van der Waals surface area (Å²) in [6, 6.07) is -0.148. The average molecular weight is 158 g/mol. The van der Waals surface area contributed by atoms with Crippen molar-refractivity contribution >= 4 is 6.03 Å². The van der Waals surface area contributed by atoms with Crippen LogP contribution in [0.5, 0.6) is 0 Å². The molecule has 11 heavy (non-hydrogen) atoms. The molecule has 0 spiro atoms. The Hall–Kier alpha value is -0.810. The molecular weight excluding hydrogens is 148 g/mol. The number of hydroxylamine groups is 2. The van der Waals surface area contributed by atoms with Gasteiger partial charge in [-0.3, -0.25) is 4.84 Å². The Balaban J connectivity index is 1.71. The van der Waals surface area contributed by atoms with Crippen LogP contribution in [0.25, 0.3) is 0 Å². The van der Waals surface area contributed by atoms with Crippen molar-refractivity contribution in [3.63, 3.8) is 0 Å². The SMILES string of the molecule is O=C1NCCN1OCC1CO1. The Kier molecular flexibility index (Phi) is 1.67. The summed E-state index contributed by atoms with van der Waals surface area (Å²) in [5, 5.41) is 3.97. The highest BCUT2D eigenvalue weighted by molar-refractivity contribution is 5.74. The molecule has 62 valence electrons. The minimum atomic E-state index is -0.148. The van der Waals surface area contributed by atoms with Crippen LogP contribution in [0.1, 0.15) is 0 Å². The summed E-state index contributed by atoms with van der Waals surface area (Å²) in [6.07, 6.45) is 0.211. The highest BCUT2D eigenvalue weighted by Gasteiger charge is 2.27. The molecule has 0 aromatic heterocycles. The van der Waals surface area contributed by atoms with Gasteiger partial charge in [-0.1, -0.05) is 0 Å². The Labute approximate surface area is 64.2 Å². The van der Waals surface area contributed by atoms with Crippen LogP contribution in [0.4, 0.5) is 4.79 Å². The van der Waals surface area contributed by atoms with Crippen molar-refractivity contribution < 1.29 is 14.4 Å². The molecule has 0 saturated carbocycles. The molecule has 2 fully saturated rings. The number of urea groups is 1. The molecule has 0 bridgehead atoms. The van der Waals surface area contributed by atoms with Gasteiger partial charge in [-0.25, -0.2) is 9.86 Å². The van der Waals surface area contributed by atoms with Crippen LogP contribution in [0, 0.1) is 0 Å². The van der Waals surface area contributed by atoms with Crippen molar-refractivity contribution in [1.29, 1.82) is 0 Å². The number of epoxide rings is 1. The molecule has 1 atom stereocenters. The quantitative estimate of drug-likeness (QED) is 0.555. The number of hydrogen-bond donors (Lipinski definition) is 1. The van der Waals surface area contributed by atoms with Crippen LogP contribution in [0.15, 0.2) is 0 Å². The Bertz CT molecular complexity index is 169. The van der Waals surface area contributed by atoms with E-state index in [1.807, 2.05) is 0 Å². The molecule has 2 aliphatic rings. The third kappa shape index (κ3) is 1.61. The van der Waals surface area contributed by atoms with Crippen molar-refractivity contribution in [2.45, 2.75) is 6.10 Å². The lowest BCUT2D eigenvalue weighted by atomic mass is 10.5. The first-order valence-electron chi connectivity index (χ1n) is 3.66. The standard InChI is InChI=1S/C6H10N2O3/c9-6-7-1-2-8(6)11-4-5-3-10-5/h5H,1-4H2,(H,7,9). The highest BCUT2D eigenvalue weighted by Crippen LogP contribution is 2.10. The molecule has 0 aromatic carbocycles. The number of amides is 2. The largest absolute Gasteiger partial charge is 0.371 e. The smallest absolute Gasteiger partial charge is 0.341 e. The van der Waals surface area contributed by atoms with E-state index in [0.717, 1.165) is 6.61 Å². The Morgan fingerprint density at radius 1 is 1.82 bits per heavy atom. The molecule has 0 radical (unpaired) electrons. The molecule has 0 aliphatic carbocycles. The van der Waals surface area contributed by atoms with Gasteiger partial charge in [-0.05, 0) is 0 Å². The summed E-state index contributed by atoms with van der Waals surface area (Å²) < 4.78 is 4.92. The maximum absolute atomic E-state index is 10.9. The van der Waals surface area contributed by atoms with Crippen molar-refractivity contribution in [2.75, 3.05) is 26.3 Å². The lowest BCUT2D eigenvalue weighted by Crippen LogP contribution is -2.29. The average Bonchev–Trinajstić information content (AvgIpc) is 2.73. The molecule has 2 heterocycles. The molecule has 5 heteroatoms. The molecule has 2 aliphatic heterocycles. The van der Waals surface area contributed by atoms with Gasteiger partial charge < -0.3 is 10.1 Å². The maximum Gasteiger partial charge on any atom is 0.341 e. The Morgan fingerprint density at radius 3 is 3.18 bits per heavy atom. The predicted octanol–water partition coefficient (Wildman–Crippen LogP) is -0.658. The van der Waals surface area contributed by atoms with Crippen LogP contribution >= 0.6 is 0 Å². The minimum absolute atomic E-state index is 0.148. The lowest BCUT2D eigenvalue weighted by Gasteiger charge is -2.11. The van der Waals surface area contributed by atoms with Crippen LogP contribution < -0.4 is 5.32 Å². The second-order valence-corrected chi connectivity index (χ2v) is 2.59. The summed E-state index contributed by atoms with van der Waals surface area (Å²) in [6.45, 7) is 2.55. The number of hydrogen-bond acceptors (Lipinski definition) is 3. The normalized spacial score (nSPS) is 28.9. The number of nitrogens with zero attached hydrogens (tertiary/aromatic N) is 1. The van der Waals surface area contributed by atoms with E-state index in [1.54, 1.807) is 0 Å².